The lowest BCUT2D eigenvalue weighted by atomic mass is 10.3. The van der Waals surface area contributed by atoms with E-state index in [-0.39, 0.29) is 0 Å². The summed E-state index contributed by atoms with van der Waals surface area (Å²) in [5.74, 6) is 0. The van der Waals surface area contributed by atoms with E-state index in [2.05, 4.69) is 29.7 Å². The topological polar surface area (TPSA) is 29.9 Å². The van der Waals surface area contributed by atoms with Gasteiger partial charge in [-0.1, -0.05) is 6.92 Å². The van der Waals surface area contributed by atoms with Gasteiger partial charge in [0, 0.05) is 18.8 Å². The molecule has 1 heterocycles. The molecular weight excluding hydrogens is 206 g/mol. The third-order valence-corrected chi connectivity index (χ3v) is 3.58. The summed E-state index contributed by atoms with van der Waals surface area (Å²) in [5.41, 5.74) is 2.34. The molecule has 1 N–H and O–H groups in total. The summed E-state index contributed by atoms with van der Waals surface area (Å²) in [6.07, 6.45) is 3.38. The Morgan fingerprint density at radius 1 is 1.60 bits per heavy atom. The van der Waals surface area contributed by atoms with Crippen LogP contribution >= 0.6 is 11.8 Å². The van der Waals surface area contributed by atoms with Gasteiger partial charge in [-0.2, -0.15) is 16.9 Å². The Hall–Kier alpha value is -0.480. The van der Waals surface area contributed by atoms with E-state index >= 15 is 0 Å². The SMILES string of the molecule is CSC(C)CCNCc1cc(C)nn1C. The maximum atomic E-state index is 4.31. The number of aromatic nitrogens is 2. The molecule has 1 aromatic heterocycles. The van der Waals surface area contributed by atoms with Gasteiger partial charge < -0.3 is 5.32 Å². The van der Waals surface area contributed by atoms with E-state index in [1.807, 2.05) is 30.4 Å². The highest BCUT2D eigenvalue weighted by Crippen LogP contribution is 2.08. The molecule has 0 saturated carbocycles. The molecule has 0 spiro atoms. The Balaban J connectivity index is 2.23. The molecule has 15 heavy (non-hydrogen) atoms. The van der Waals surface area contributed by atoms with Crippen molar-refractivity contribution in [2.75, 3.05) is 12.8 Å². The second-order valence-electron chi connectivity index (χ2n) is 3.91. The molecule has 0 aliphatic rings. The minimum Gasteiger partial charge on any atom is -0.311 e. The Morgan fingerprint density at radius 2 is 2.33 bits per heavy atom. The van der Waals surface area contributed by atoms with E-state index in [9.17, 15) is 0 Å². The normalized spacial score (nSPS) is 13.1. The fraction of sp³-hybridized carbons (Fsp3) is 0.727. The second kappa shape index (κ2) is 6.18. The van der Waals surface area contributed by atoms with Crippen LogP contribution in [0.25, 0.3) is 0 Å². The van der Waals surface area contributed by atoms with Crippen molar-refractivity contribution in [2.24, 2.45) is 7.05 Å². The highest BCUT2D eigenvalue weighted by molar-refractivity contribution is 7.99. The molecule has 0 saturated heterocycles. The van der Waals surface area contributed by atoms with Gasteiger partial charge in [0.1, 0.15) is 0 Å². The minimum atomic E-state index is 0.741. The Labute approximate surface area is 96.6 Å². The number of hydrogen-bond acceptors (Lipinski definition) is 3. The van der Waals surface area contributed by atoms with Gasteiger partial charge >= 0.3 is 0 Å². The minimum absolute atomic E-state index is 0.741. The van der Waals surface area contributed by atoms with E-state index in [4.69, 9.17) is 0 Å². The van der Waals surface area contributed by atoms with Crippen molar-refractivity contribution >= 4 is 11.8 Å². The van der Waals surface area contributed by atoms with E-state index in [1.165, 1.54) is 12.1 Å². The fourth-order valence-electron chi connectivity index (χ4n) is 1.47. The van der Waals surface area contributed by atoms with Crippen LogP contribution in [0.2, 0.25) is 0 Å². The zero-order valence-corrected chi connectivity index (χ0v) is 10.9. The third kappa shape index (κ3) is 4.26. The lowest BCUT2D eigenvalue weighted by Crippen LogP contribution is -2.19. The molecule has 1 aromatic rings. The summed E-state index contributed by atoms with van der Waals surface area (Å²) in [7, 11) is 1.99. The number of aryl methyl sites for hydroxylation is 2. The number of thioether (sulfide) groups is 1. The molecule has 1 rings (SSSR count). The predicted octanol–water partition coefficient (Wildman–Crippen LogP) is 1.96. The van der Waals surface area contributed by atoms with Crippen molar-refractivity contribution in [1.29, 1.82) is 0 Å². The van der Waals surface area contributed by atoms with Crippen LogP contribution in [-0.4, -0.2) is 27.8 Å². The summed E-state index contributed by atoms with van der Waals surface area (Å²) in [5, 5.41) is 8.50. The zero-order valence-electron chi connectivity index (χ0n) is 10.1. The molecule has 1 unspecified atom stereocenters. The highest BCUT2D eigenvalue weighted by Gasteiger charge is 2.02. The summed E-state index contributed by atoms with van der Waals surface area (Å²) in [6.45, 7) is 6.28. The van der Waals surface area contributed by atoms with Gasteiger partial charge in [0.15, 0.2) is 0 Å². The van der Waals surface area contributed by atoms with Crippen molar-refractivity contribution < 1.29 is 0 Å². The van der Waals surface area contributed by atoms with Gasteiger partial charge in [-0.15, -0.1) is 0 Å². The first-order chi connectivity index (χ1) is 7.13. The summed E-state index contributed by atoms with van der Waals surface area (Å²) < 4.78 is 1.94. The first-order valence-electron chi connectivity index (χ1n) is 5.36. The molecule has 1 atom stereocenters. The van der Waals surface area contributed by atoms with Crippen LogP contribution in [-0.2, 0) is 13.6 Å². The maximum Gasteiger partial charge on any atom is 0.0597 e. The van der Waals surface area contributed by atoms with Crippen LogP contribution in [0.3, 0.4) is 0 Å². The van der Waals surface area contributed by atoms with Crippen LogP contribution < -0.4 is 5.32 Å². The van der Waals surface area contributed by atoms with Gasteiger partial charge in [-0.05, 0) is 32.2 Å². The van der Waals surface area contributed by atoms with Gasteiger partial charge in [-0.3, -0.25) is 4.68 Å². The molecule has 0 amide bonds. The van der Waals surface area contributed by atoms with Crippen LogP contribution in [0, 0.1) is 6.92 Å². The molecule has 0 radical (unpaired) electrons. The first-order valence-corrected chi connectivity index (χ1v) is 6.65. The molecule has 0 aliphatic carbocycles. The van der Waals surface area contributed by atoms with Gasteiger partial charge in [0.05, 0.1) is 11.4 Å². The van der Waals surface area contributed by atoms with Crippen LogP contribution in [0.4, 0.5) is 0 Å². The van der Waals surface area contributed by atoms with Crippen molar-refractivity contribution in [3.8, 4) is 0 Å². The Morgan fingerprint density at radius 3 is 2.87 bits per heavy atom. The molecule has 4 heteroatoms. The third-order valence-electron chi connectivity index (χ3n) is 2.54. The zero-order chi connectivity index (χ0) is 11.3. The highest BCUT2D eigenvalue weighted by atomic mass is 32.2. The largest absolute Gasteiger partial charge is 0.311 e. The van der Waals surface area contributed by atoms with Crippen molar-refractivity contribution in [3.63, 3.8) is 0 Å². The van der Waals surface area contributed by atoms with E-state index in [0.29, 0.717) is 0 Å². The smallest absolute Gasteiger partial charge is 0.0597 e. The van der Waals surface area contributed by atoms with Crippen molar-refractivity contribution in [1.82, 2.24) is 15.1 Å². The molecular formula is C11H21N3S. The van der Waals surface area contributed by atoms with Crippen LogP contribution in [0.1, 0.15) is 24.7 Å². The van der Waals surface area contributed by atoms with Crippen molar-refractivity contribution in [3.05, 3.63) is 17.5 Å². The summed E-state index contributed by atoms with van der Waals surface area (Å²) in [6, 6.07) is 2.13. The fourth-order valence-corrected chi connectivity index (χ4v) is 1.82. The predicted molar refractivity (Wildman–Crippen MR) is 67.2 cm³/mol. The van der Waals surface area contributed by atoms with Crippen LogP contribution in [0.5, 0.6) is 0 Å². The number of hydrogen-bond donors (Lipinski definition) is 1. The standard InChI is InChI=1S/C11H21N3S/c1-9-7-11(14(3)13-9)8-12-6-5-10(2)15-4/h7,10,12H,5-6,8H2,1-4H3. The second-order valence-corrected chi connectivity index (χ2v) is 5.19. The monoisotopic (exact) mass is 227 g/mol. The van der Waals surface area contributed by atoms with Gasteiger partial charge in [-0.25, -0.2) is 0 Å². The molecule has 0 aliphatic heterocycles. The van der Waals surface area contributed by atoms with Gasteiger partial charge in [0.25, 0.3) is 0 Å². The number of nitrogens with one attached hydrogen (secondary N) is 1. The molecule has 0 fully saturated rings. The van der Waals surface area contributed by atoms with E-state index in [0.717, 1.165) is 24.0 Å². The maximum absolute atomic E-state index is 4.31. The van der Waals surface area contributed by atoms with E-state index in [1.54, 1.807) is 0 Å². The molecule has 0 bridgehead atoms. The van der Waals surface area contributed by atoms with Gasteiger partial charge in [0.2, 0.25) is 0 Å². The van der Waals surface area contributed by atoms with E-state index < -0.39 is 0 Å². The lowest BCUT2D eigenvalue weighted by molar-refractivity contribution is 0.605. The van der Waals surface area contributed by atoms with Crippen LogP contribution in [0.15, 0.2) is 6.07 Å². The molecule has 0 aromatic carbocycles. The number of nitrogens with zero attached hydrogens (tertiary/aromatic N) is 2. The molecule has 3 nitrogen and oxygen atoms in total. The lowest BCUT2D eigenvalue weighted by Gasteiger charge is -2.08. The number of rotatable bonds is 6. The first kappa shape index (κ1) is 12.6. The Kier molecular flexibility index (Phi) is 5.19. The average molecular weight is 227 g/mol. The quantitative estimate of drug-likeness (QED) is 0.754. The Bertz CT molecular complexity index is 296. The van der Waals surface area contributed by atoms with Crippen molar-refractivity contribution in [2.45, 2.75) is 32.1 Å². The molecule has 86 valence electrons. The summed E-state index contributed by atoms with van der Waals surface area (Å²) in [4.78, 5) is 0. The summed E-state index contributed by atoms with van der Waals surface area (Å²) >= 11 is 1.92. The average Bonchev–Trinajstić information content (AvgIpc) is 2.52.